The van der Waals surface area contributed by atoms with Crippen molar-refractivity contribution in [1.29, 1.82) is 0 Å². The lowest BCUT2D eigenvalue weighted by Gasteiger charge is -2.05. The first-order chi connectivity index (χ1) is 11.0. The summed E-state index contributed by atoms with van der Waals surface area (Å²) in [5.41, 5.74) is 0.508. The molecular formula is C17H10ClF2NO2. The molecule has 0 unspecified atom stereocenters. The Morgan fingerprint density at radius 1 is 1.04 bits per heavy atom. The largest absolute Gasteiger partial charge is 0.451 e. The van der Waals surface area contributed by atoms with Crippen LogP contribution in [0.3, 0.4) is 0 Å². The number of carbonyl (C=O) groups excluding carboxylic acids is 1. The van der Waals surface area contributed by atoms with Crippen LogP contribution in [0.4, 0.5) is 14.5 Å². The highest BCUT2D eigenvalue weighted by Gasteiger charge is 2.15. The van der Waals surface area contributed by atoms with Crippen LogP contribution in [0.2, 0.25) is 5.02 Å². The van der Waals surface area contributed by atoms with Crippen molar-refractivity contribution in [2.45, 2.75) is 0 Å². The lowest BCUT2D eigenvalue weighted by Crippen LogP contribution is -2.11. The predicted molar refractivity (Wildman–Crippen MR) is 83.5 cm³/mol. The van der Waals surface area contributed by atoms with Crippen LogP contribution in [0.5, 0.6) is 0 Å². The molecule has 3 aromatic rings. The Hall–Kier alpha value is -2.66. The lowest BCUT2D eigenvalue weighted by atomic mass is 10.1. The maximum absolute atomic E-state index is 13.7. The highest BCUT2D eigenvalue weighted by atomic mass is 35.5. The number of hydrogen-bond acceptors (Lipinski definition) is 2. The van der Waals surface area contributed by atoms with Gasteiger partial charge in [-0.2, -0.15) is 0 Å². The third kappa shape index (κ3) is 3.24. The van der Waals surface area contributed by atoms with E-state index in [1.54, 1.807) is 18.2 Å². The highest BCUT2D eigenvalue weighted by molar-refractivity contribution is 6.33. The van der Waals surface area contributed by atoms with Gasteiger partial charge in [0.25, 0.3) is 5.91 Å². The molecule has 0 aliphatic carbocycles. The summed E-state index contributed by atoms with van der Waals surface area (Å²) >= 11 is 5.85. The summed E-state index contributed by atoms with van der Waals surface area (Å²) in [6.07, 6.45) is 0. The molecule has 3 rings (SSSR count). The summed E-state index contributed by atoms with van der Waals surface area (Å²) in [4.78, 5) is 12.1. The van der Waals surface area contributed by atoms with Gasteiger partial charge in [0.15, 0.2) is 5.76 Å². The van der Waals surface area contributed by atoms with Crippen LogP contribution in [-0.2, 0) is 0 Å². The molecule has 0 saturated heterocycles. The number of furan rings is 1. The SMILES string of the molecule is O=C(Nc1ccc(F)cc1Cl)c1ccc(-c2ccccc2F)o1. The number of benzene rings is 2. The van der Waals surface area contributed by atoms with Gasteiger partial charge in [0.1, 0.15) is 17.4 Å². The van der Waals surface area contributed by atoms with Gasteiger partial charge in [-0.1, -0.05) is 23.7 Å². The van der Waals surface area contributed by atoms with E-state index in [-0.39, 0.29) is 27.8 Å². The summed E-state index contributed by atoms with van der Waals surface area (Å²) in [5, 5.41) is 2.58. The van der Waals surface area contributed by atoms with Crippen LogP contribution in [0.15, 0.2) is 59.0 Å². The molecule has 0 saturated carbocycles. The van der Waals surface area contributed by atoms with Gasteiger partial charge in [-0.3, -0.25) is 4.79 Å². The molecule has 0 aliphatic heterocycles. The lowest BCUT2D eigenvalue weighted by molar-refractivity contribution is 0.0997. The van der Waals surface area contributed by atoms with E-state index < -0.39 is 17.5 Å². The van der Waals surface area contributed by atoms with Gasteiger partial charge in [0, 0.05) is 0 Å². The normalized spacial score (nSPS) is 10.6. The van der Waals surface area contributed by atoms with Crippen molar-refractivity contribution in [1.82, 2.24) is 0 Å². The number of carbonyl (C=O) groups is 1. The molecule has 1 N–H and O–H groups in total. The smallest absolute Gasteiger partial charge is 0.291 e. The van der Waals surface area contributed by atoms with Gasteiger partial charge in [-0.25, -0.2) is 8.78 Å². The summed E-state index contributed by atoms with van der Waals surface area (Å²) in [7, 11) is 0. The molecule has 0 spiro atoms. The molecule has 2 aromatic carbocycles. The quantitative estimate of drug-likeness (QED) is 0.722. The highest BCUT2D eigenvalue weighted by Crippen LogP contribution is 2.26. The van der Waals surface area contributed by atoms with Crippen molar-refractivity contribution in [3.63, 3.8) is 0 Å². The maximum Gasteiger partial charge on any atom is 0.291 e. The average molecular weight is 334 g/mol. The molecule has 1 aromatic heterocycles. The van der Waals surface area contributed by atoms with E-state index in [4.69, 9.17) is 16.0 Å². The molecule has 0 atom stereocenters. The monoisotopic (exact) mass is 333 g/mol. The Bertz CT molecular complexity index is 877. The first-order valence-corrected chi connectivity index (χ1v) is 7.03. The van der Waals surface area contributed by atoms with Crippen molar-refractivity contribution < 1.29 is 18.0 Å². The van der Waals surface area contributed by atoms with Crippen LogP contribution in [0.1, 0.15) is 10.6 Å². The summed E-state index contributed by atoms with van der Waals surface area (Å²) < 4.78 is 32.1. The number of anilines is 1. The first-order valence-electron chi connectivity index (χ1n) is 6.66. The molecule has 23 heavy (non-hydrogen) atoms. The minimum Gasteiger partial charge on any atom is -0.451 e. The third-order valence-corrected chi connectivity index (χ3v) is 3.46. The van der Waals surface area contributed by atoms with Crippen LogP contribution < -0.4 is 5.32 Å². The molecule has 0 fully saturated rings. The van der Waals surface area contributed by atoms with E-state index in [2.05, 4.69) is 5.32 Å². The number of halogens is 3. The van der Waals surface area contributed by atoms with E-state index in [0.717, 1.165) is 6.07 Å². The van der Waals surface area contributed by atoms with E-state index >= 15 is 0 Å². The van der Waals surface area contributed by atoms with Crippen LogP contribution in [-0.4, -0.2) is 5.91 Å². The second kappa shape index (κ2) is 6.22. The predicted octanol–water partition coefficient (Wildman–Crippen LogP) is 5.13. The second-order valence-electron chi connectivity index (χ2n) is 4.72. The van der Waals surface area contributed by atoms with E-state index in [1.807, 2.05) is 0 Å². The van der Waals surface area contributed by atoms with Crippen molar-refractivity contribution in [2.24, 2.45) is 0 Å². The molecule has 1 heterocycles. The zero-order valence-corrected chi connectivity index (χ0v) is 12.4. The summed E-state index contributed by atoms with van der Waals surface area (Å²) in [6.45, 7) is 0. The average Bonchev–Trinajstić information content (AvgIpc) is 3.00. The fraction of sp³-hybridized carbons (Fsp3) is 0. The topological polar surface area (TPSA) is 42.2 Å². The van der Waals surface area contributed by atoms with Crippen molar-refractivity contribution in [3.05, 3.63) is 77.0 Å². The first kappa shape index (κ1) is 15.2. The van der Waals surface area contributed by atoms with Crippen molar-refractivity contribution in [2.75, 3.05) is 5.32 Å². The van der Waals surface area contributed by atoms with Gasteiger partial charge in [-0.05, 0) is 42.5 Å². The Morgan fingerprint density at radius 3 is 2.57 bits per heavy atom. The van der Waals surface area contributed by atoms with E-state index in [1.165, 1.54) is 30.3 Å². The zero-order valence-electron chi connectivity index (χ0n) is 11.6. The molecule has 0 bridgehead atoms. The Morgan fingerprint density at radius 2 is 1.83 bits per heavy atom. The van der Waals surface area contributed by atoms with Gasteiger partial charge in [-0.15, -0.1) is 0 Å². The molecule has 0 radical (unpaired) electrons. The molecule has 3 nitrogen and oxygen atoms in total. The summed E-state index contributed by atoms with van der Waals surface area (Å²) in [5.74, 6) is -1.30. The minimum atomic E-state index is -0.568. The Labute approximate surface area is 135 Å². The minimum absolute atomic E-state index is 0.0105. The second-order valence-corrected chi connectivity index (χ2v) is 5.13. The molecule has 116 valence electrons. The zero-order chi connectivity index (χ0) is 16.4. The fourth-order valence-electron chi connectivity index (χ4n) is 2.04. The summed E-state index contributed by atoms with van der Waals surface area (Å²) in [6, 6.07) is 12.6. The number of nitrogens with one attached hydrogen (secondary N) is 1. The van der Waals surface area contributed by atoms with Gasteiger partial charge in [0.05, 0.1) is 16.3 Å². The molecule has 6 heteroatoms. The van der Waals surface area contributed by atoms with Gasteiger partial charge < -0.3 is 9.73 Å². The number of hydrogen-bond donors (Lipinski definition) is 1. The Balaban J connectivity index is 1.83. The van der Waals surface area contributed by atoms with Crippen molar-refractivity contribution >= 4 is 23.2 Å². The molecule has 0 aliphatic rings. The van der Waals surface area contributed by atoms with Crippen molar-refractivity contribution in [3.8, 4) is 11.3 Å². The Kier molecular flexibility index (Phi) is 4.12. The standard InChI is InChI=1S/C17H10ClF2NO2/c18-12-9-10(19)5-6-14(12)21-17(22)16-8-7-15(23-16)11-3-1-2-4-13(11)20/h1-9H,(H,21,22). The molecule has 1 amide bonds. The fourth-order valence-corrected chi connectivity index (χ4v) is 2.25. The van der Waals surface area contributed by atoms with Gasteiger partial charge >= 0.3 is 0 Å². The third-order valence-electron chi connectivity index (χ3n) is 3.15. The number of amides is 1. The number of rotatable bonds is 3. The van der Waals surface area contributed by atoms with E-state index in [9.17, 15) is 13.6 Å². The maximum atomic E-state index is 13.7. The van der Waals surface area contributed by atoms with E-state index in [0.29, 0.717) is 0 Å². The molecular weight excluding hydrogens is 324 g/mol. The van der Waals surface area contributed by atoms with Crippen LogP contribution in [0, 0.1) is 11.6 Å². The van der Waals surface area contributed by atoms with Crippen LogP contribution >= 0.6 is 11.6 Å². The van der Waals surface area contributed by atoms with Crippen LogP contribution in [0.25, 0.3) is 11.3 Å². The van der Waals surface area contributed by atoms with Gasteiger partial charge in [0.2, 0.25) is 0 Å².